The fraction of sp³-hybridized carbons (Fsp3) is 0.481. The summed E-state index contributed by atoms with van der Waals surface area (Å²) in [6.45, 7) is 4.42. The normalized spacial score (nSPS) is 17.4. The largest absolute Gasteiger partial charge is 0.483 e. The Morgan fingerprint density at radius 1 is 1.09 bits per heavy atom. The molecule has 2 atom stereocenters. The lowest BCUT2D eigenvalue weighted by atomic mass is 10.1. The predicted molar refractivity (Wildman–Crippen MR) is 138 cm³/mol. The molecule has 2 saturated carbocycles. The standard InChI is InChI=1S/C27H32BrN3O3/c1-16(32-4)15-33-27-29-24-22(26(30-27)31(3)20-12-13-20)14-21(19-10-11-19)23(28)25(24)34-17(2)18-8-6-5-7-9-18/h5-9,14,16-17,19-20H,10-13,15H2,1-4H3/t16-,17-/m0/s1. The quantitative estimate of drug-likeness (QED) is 0.304. The molecule has 0 amide bonds. The van der Waals surface area contributed by atoms with Crippen LogP contribution in [0, 0.1) is 0 Å². The van der Waals surface area contributed by atoms with Gasteiger partial charge in [-0.15, -0.1) is 0 Å². The van der Waals surface area contributed by atoms with Crippen LogP contribution < -0.4 is 14.4 Å². The average molecular weight is 526 g/mol. The number of hydrogen-bond donors (Lipinski definition) is 0. The molecule has 0 N–H and O–H groups in total. The van der Waals surface area contributed by atoms with E-state index < -0.39 is 0 Å². The second-order valence-electron chi connectivity index (χ2n) is 9.48. The highest BCUT2D eigenvalue weighted by Crippen LogP contribution is 2.50. The van der Waals surface area contributed by atoms with Crippen LogP contribution in [0.1, 0.15) is 62.7 Å². The fourth-order valence-corrected chi connectivity index (χ4v) is 4.91. The first-order valence-electron chi connectivity index (χ1n) is 12.1. The molecule has 2 aromatic carbocycles. The van der Waals surface area contributed by atoms with Gasteiger partial charge in [0.15, 0.2) is 5.75 Å². The number of rotatable bonds is 10. The minimum atomic E-state index is -0.132. The van der Waals surface area contributed by atoms with Crippen molar-refractivity contribution in [1.82, 2.24) is 9.97 Å². The van der Waals surface area contributed by atoms with Gasteiger partial charge in [-0.3, -0.25) is 0 Å². The Balaban J connectivity index is 1.64. The monoisotopic (exact) mass is 525 g/mol. The molecule has 34 heavy (non-hydrogen) atoms. The van der Waals surface area contributed by atoms with E-state index >= 15 is 0 Å². The summed E-state index contributed by atoms with van der Waals surface area (Å²) in [7, 11) is 3.79. The molecule has 0 saturated heterocycles. The highest BCUT2D eigenvalue weighted by molar-refractivity contribution is 9.10. The van der Waals surface area contributed by atoms with E-state index in [0.29, 0.717) is 24.6 Å². The number of anilines is 1. The van der Waals surface area contributed by atoms with E-state index in [2.05, 4.69) is 53.0 Å². The first-order chi connectivity index (χ1) is 16.5. The Kier molecular flexibility index (Phi) is 6.67. The molecule has 2 aliphatic rings. The van der Waals surface area contributed by atoms with E-state index in [4.69, 9.17) is 24.2 Å². The van der Waals surface area contributed by atoms with Crippen LogP contribution in [0.15, 0.2) is 40.9 Å². The number of nitrogens with zero attached hydrogens (tertiary/aromatic N) is 3. The van der Waals surface area contributed by atoms with Crippen LogP contribution in [-0.2, 0) is 4.74 Å². The van der Waals surface area contributed by atoms with Crippen LogP contribution in [0.2, 0.25) is 0 Å². The van der Waals surface area contributed by atoms with Crippen molar-refractivity contribution in [3.63, 3.8) is 0 Å². The number of halogens is 1. The molecular weight excluding hydrogens is 494 g/mol. The minimum absolute atomic E-state index is 0.0540. The first kappa shape index (κ1) is 23.4. The number of hydrogen-bond acceptors (Lipinski definition) is 6. The summed E-state index contributed by atoms with van der Waals surface area (Å²) in [5.41, 5.74) is 3.17. The number of methoxy groups -OCH3 is 1. The van der Waals surface area contributed by atoms with E-state index in [1.165, 1.54) is 31.2 Å². The maximum atomic E-state index is 6.64. The predicted octanol–water partition coefficient (Wildman–Crippen LogP) is 6.42. The van der Waals surface area contributed by atoms with E-state index in [1.54, 1.807) is 7.11 Å². The molecule has 1 aromatic heterocycles. The van der Waals surface area contributed by atoms with Crippen LogP contribution in [-0.4, -0.2) is 42.9 Å². The van der Waals surface area contributed by atoms with Gasteiger partial charge in [0.25, 0.3) is 0 Å². The molecule has 1 heterocycles. The van der Waals surface area contributed by atoms with Crippen LogP contribution in [0.25, 0.3) is 10.9 Å². The molecule has 7 heteroatoms. The zero-order chi connectivity index (χ0) is 23.8. The van der Waals surface area contributed by atoms with Crippen molar-refractivity contribution >= 4 is 32.7 Å². The molecule has 180 valence electrons. The zero-order valence-corrected chi connectivity index (χ0v) is 21.8. The summed E-state index contributed by atoms with van der Waals surface area (Å²) in [6, 6.07) is 13.4. The third kappa shape index (κ3) is 4.86. The maximum absolute atomic E-state index is 6.64. The Labute approximate surface area is 209 Å². The molecule has 5 rings (SSSR count). The average Bonchev–Trinajstić information content (AvgIpc) is 3.77. The van der Waals surface area contributed by atoms with Crippen LogP contribution >= 0.6 is 15.9 Å². The van der Waals surface area contributed by atoms with Crippen LogP contribution in [0.5, 0.6) is 11.8 Å². The lowest BCUT2D eigenvalue weighted by molar-refractivity contribution is 0.0682. The van der Waals surface area contributed by atoms with Crippen LogP contribution in [0.3, 0.4) is 0 Å². The topological polar surface area (TPSA) is 56.7 Å². The van der Waals surface area contributed by atoms with Gasteiger partial charge in [0.2, 0.25) is 0 Å². The van der Waals surface area contributed by atoms with Crippen molar-refractivity contribution in [2.45, 2.75) is 63.7 Å². The van der Waals surface area contributed by atoms with Gasteiger partial charge in [0.05, 0.1) is 10.6 Å². The number of fused-ring (bicyclic) bond motifs is 1. The summed E-state index contributed by atoms with van der Waals surface area (Å²) in [6.07, 6.45) is 4.57. The van der Waals surface area contributed by atoms with Gasteiger partial charge in [0, 0.05) is 25.6 Å². The van der Waals surface area contributed by atoms with Gasteiger partial charge < -0.3 is 19.1 Å². The zero-order valence-electron chi connectivity index (χ0n) is 20.3. The van der Waals surface area contributed by atoms with Crippen molar-refractivity contribution in [3.8, 4) is 11.8 Å². The van der Waals surface area contributed by atoms with Gasteiger partial charge in [-0.2, -0.15) is 9.97 Å². The summed E-state index contributed by atoms with van der Waals surface area (Å²) >= 11 is 3.89. The van der Waals surface area contributed by atoms with E-state index in [0.717, 1.165) is 32.5 Å². The van der Waals surface area contributed by atoms with Crippen molar-refractivity contribution in [2.75, 3.05) is 25.7 Å². The van der Waals surface area contributed by atoms with Gasteiger partial charge in [-0.1, -0.05) is 30.3 Å². The lowest BCUT2D eigenvalue weighted by Crippen LogP contribution is -2.22. The third-order valence-corrected chi connectivity index (χ3v) is 7.55. The summed E-state index contributed by atoms with van der Waals surface area (Å²) < 4.78 is 19.0. The maximum Gasteiger partial charge on any atom is 0.319 e. The molecule has 0 aliphatic heterocycles. The molecule has 6 nitrogen and oxygen atoms in total. The van der Waals surface area contributed by atoms with E-state index in [9.17, 15) is 0 Å². The highest BCUT2D eigenvalue weighted by atomic mass is 79.9. The molecule has 2 aliphatic carbocycles. The number of ether oxygens (including phenoxy) is 3. The van der Waals surface area contributed by atoms with Crippen molar-refractivity contribution in [2.24, 2.45) is 0 Å². The van der Waals surface area contributed by atoms with E-state index in [-0.39, 0.29) is 12.2 Å². The van der Waals surface area contributed by atoms with Crippen LogP contribution in [0.4, 0.5) is 5.82 Å². The summed E-state index contributed by atoms with van der Waals surface area (Å²) in [5.74, 6) is 2.21. The van der Waals surface area contributed by atoms with Gasteiger partial charge >= 0.3 is 6.01 Å². The fourth-order valence-electron chi connectivity index (χ4n) is 4.19. The summed E-state index contributed by atoms with van der Waals surface area (Å²) in [4.78, 5) is 12.0. The Morgan fingerprint density at radius 2 is 1.82 bits per heavy atom. The second kappa shape index (κ2) is 9.70. The summed E-state index contributed by atoms with van der Waals surface area (Å²) in [5, 5.41) is 1.02. The van der Waals surface area contributed by atoms with E-state index in [1.807, 2.05) is 25.1 Å². The molecular formula is C27H32BrN3O3. The molecule has 0 unspecified atom stereocenters. The van der Waals surface area contributed by atoms with Crippen molar-refractivity contribution < 1.29 is 14.2 Å². The Bertz CT molecular complexity index is 1160. The Hall–Kier alpha value is -2.38. The number of aromatic nitrogens is 2. The molecule has 3 aromatic rings. The highest BCUT2D eigenvalue weighted by Gasteiger charge is 2.33. The first-order valence-corrected chi connectivity index (χ1v) is 12.9. The molecule has 0 radical (unpaired) electrons. The third-order valence-electron chi connectivity index (χ3n) is 6.73. The lowest BCUT2D eigenvalue weighted by Gasteiger charge is -2.24. The number of benzene rings is 2. The van der Waals surface area contributed by atoms with Crippen molar-refractivity contribution in [1.29, 1.82) is 0 Å². The minimum Gasteiger partial charge on any atom is -0.483 e. The SMILES string of the molecule is CO[C@@H](C)COc1nc(N(C)C2CC2)c2cc(C3CC3)c(Br)c(O[C@@H](C)c3ccccc3)c2n1. The van der Waals surface area contributed by atoms with Gasteiger partial charge in [-0.25, -0.2) is 0 Å². The molecule has 0 spiro atoms. The van der Waals surface area contributed by atoms with Crippen molar-refractivity contribution in [3.05, 3.63) is 52.0 Å². The molecule has 2 fully saturated rings. The Morgan fingerprint density at radius 3 is 2.47 bits per heavy atom. The smallest absolute Gasteiger partial charge is 0.319 e. The molecule has 0 bridgehead atoms. The van der Waals surface area contributed by atoms with Gasteiger partial charge in [-0.05, 0) is 78.6 Å². The second-order valence-corrected chi connectivity index (χ2v) is 10.3. The van der Waals surface area contributed by atoms with Gasteiger partial charge in [0.1, 0.15) is 24.0 Å².